The smallest absolute Gasteiger partial charge is 0.226 e. The number of fused-ring (bicyclic) bond motifs is 1. The van der Waals surface area contributed by atoms with E-state index in [0.717, 1.165) is 12.1 Å². The summed E-state index contributed by atoms with van der Waals surface area (Å²) in [7, 11) is 0. The maximum absolute atomic E-state index is 14.3. The highest BCUT2D eigenvalue weighted by Gasteiger charge is 2.38. The van der Waals surface area contributed by atoms with E-state index in [0.29, 0.717) is 23.5 Å². The number of hydrogen-bond donors (Lipinski definition) is 1. The van der Waals surface area contributed by atoms with Gasteiger partial charge in [-0.05, 0) is 18.4 Å². The van der Waals surface area contributed by atoms with E-state index >= 15 is 0 Å². The van der Waals surface area contributed by atoms with Crippen LogP contribution >= 0.6 is 0 Å². The molecule has 1 aromatic heterocycles. The molecule has 6 heteroatoms. The number of ketones is 1. The Morgan fingerprint density at radius 1 is 1.32 bits per heavy atom. The Hall–Kier alpha value is -2.50. The molecule has 1 N–H and O–H groups in total. The lowest BCUT2D eigenvalue weighted by atomic mass is 9.81. The molecule has 0 unspecified atom stereocenters. The number of carbonyl (C=O) groups is 1. The van der Waals surface area contributed by atoms with Gasteiger partial charge in [-0.15, -0.1) is 0 Å². The molecule has 0 spiro atoms. The minimum absolute atomic E-state index is 0.0515. The summed E-state index contributed by atoms with van der Waals surface area (Å²) >= 11 is 0. The number of aromatic nitrogens is 3. The predicted octanol–water partition coefficient (Wildman–Crippen LogP) is 2.69. The molecule has 1 aromatic carbocycles. The Kier molecular flexibility index (Phi) is 2.85. The van der Waals surface area contributed by atoms with Crippen LogP contribution in [-0.2, 0) is 4.79 Å². The van der Waals surface area contributed by atoms with Crippen LogP contribution in [0.3, 0.4) is 0 Å². The molecular formula is C16H15FN4O. The van der Waals surface area contributed by atoms with Crippen LogP contribution in [0.4, 0.5) is 10.3 Å². The summed E-state index contributed by atoms with van der Waals surface area (Å²) in [5.41, 5.74) is 1.91. The van der Waals surface area contributed by atoms with Gasteiger partial charge in [-0.2, -0.15) is 10.1 Å². The monoisotopic (exact) mass is 298 g/mol. The van der Waals surface area contributed by atoms with Gasteiger partial charge in [0.05, 0.1) is 0 Å². The van der Waals surface area contributed by atoms with Crippen molar-refractivity contribution in [3.63, 3.8) is 0 Å². The van der Waals surface area contributed by atoms with E-state index in [1.54, 1.807) is 22.9 Å². The Bertz CT molecular complexity index is 795. The van der Waals surface area contributed by atoms with Crippen molar-refractivity contribution in [2.75, 3.05) is 5.32 Å². The Morgan fingerprint density at radius 3 is 2.95 bits per heavy atom. The molecule has 2 aliphatic rings. The maximum atomic E-state index is 14.3. The van der Waals surface area contributed by atoms with Crippen molar-refractivity contribution in [1.29, 1.82) is 0 Å². The molecule has 1 aliphatic heterocycles. The van der Waals surface area contributed by atoms with Crippen molar-refractivity contribution in [3.05, 3.63) is 53.2 Å². The second-order valence-electron chi connectivity index (χ2n) is 5.91. The summed E-state index contributed by atoms with van der Waals surface area (Å²) in [6.07, 6.45) is 2.66. The standard InChI is InChI=1S/C16H15FN4O/c1-9-6-12-14(13(22)7-9)15(10-4-2-3-5-11(10)17)21-16(20-12)18-8-19-21/h2-5,8-9,15H,6-7H2,1H3,(H,18,19,20)/t9-,15-/m0/s1. The van der Waals surface area contributed by atoms with E-state index in [1.165, 1.54) is 12.4 Å². The number of halogens is 1. The lowest BCUT2D eigenvalue weighted by Gasteiger charge is -2.34. The first-order chi connectivity index (χ1) is 10.6. The minimum atomic E-state index is -0.546. The van der Waals surface area contributed by atoms with Gasteiger partial charge >= 0.3 is 0 Å². The predicted molar refractivity (Wildman–Crippen MR) is 78.6 cm³/mol. The van der Waals surface area contributed by atoms with Gasteiger partial charge in [0.2, 0.25) is 5.95 Å². The first-order valence-electron chi connectivity index (χ1n) is 7.32. The molecule has 4 rings (SSSR count). The van der Waals surface area contributed by atoms with Gasteiger partial charge in [0.25, 0.3) is 0 Å². The van der Waals surface area contributed by atoms with E-state index in [9.17, 15) is 9.18 Å². The van der Waals surface area contributed by atoms with Crippen LogP contribution in [0.25, 0.3) is 0 Å². The van der Waals surface area contributed by atoms with Crippen LogP contribution in [0.1, 0.15) is 31.4 Å². The third kappa shape index (κ3) is 1.87. The van der Waals surface area contributed by atoms with Crippen LogP contribution in [0.5, 0.6) is 0 Å². The fourth-order valence-corrected chi connectivity index (χ4v) is 3.33. The molecule has 2 heterocycles. The minimum Gasteiger partial charge on any atom is -0.328 e. The molecule has 2 atom stereocenters. The number of benzene rings is 1. The Balaban J connectivity index is 1.94. The average Bonchev–Trinajstić information content (AvgIpc) is 2.93. The van der Waals surface area contributed by atoms with E-state index in [4.69, 9.17) is 0 Å². The fraction of sp³-hybridized carbons (Fsp3) is 0.312. The van der Waals surface area contributed by atoms with Crippen molar-refractivity contribution in [1.82, 2.24) is 14.8 Å². The van der Waals surface area contributed by atoms with Crippen molar-refractivity contribution >= 4 is 11.7 Å². The van der Waals surface area contributed by atoms with Gasteiger partial charge < -0.3 is 5.32 Å². The molecule has 0 saturated carbocycles. The molecule has 112 valence electrons. The first kappa shape index (κ1) is 13.2. The topological polar surface area (TPSA) is 59.8 Å². The van der Waals surface area contributed by atoms with Crippen LogP contribution in [0.2, 0.25) is 0 Å². The molecular weight excluding hydrogens is 283 g/mol. The molecule has 0 amide bonds. The van der Waals surface area contributed by atoms with Gasteiger partial charge in [0.15, 0.2) is 5.78 Å². The first-order valence-corrected chi connectivity index (χ1v) is 7.32. The summed E-state index contributed by atoms with van der Waals surface area (Å²) in [5.74, 6) is 0.535. The summed E-state index contributed by atoms with van der Waals surface area (Å²) < 4.78 is 15.9. The van der Waals surface area contributed by atoms with Gasteiger partial charge in [-0.3, -0.25) is 4.79 Å². The highest BCUT2D eigenvalue weighted by Crippen LogP contribution is 2.41. The van der Waals surface area contributed by atoms with Crippen LogP contribution in [0.15, 0.2) is 41.9 Å². The maximum Gasteiger partial charge on any atom is 0.226 e. The zero-order chi connectivity index (χ0) is 15.3. The number of nitrogens with one attached hydrogen (secondary N) is 1. The molecule has 5 nitrogen and oxygen atoms in total. The van der Waals surface area contributed by atoms with Crippen LogP contribution < -0.4 is 5.32 Å². The van der Waals surface area contributed by atoms with E-state index in [2.05, 4.69) is 15.4 Å². The molecule has 0 bridgehead atoms. The van der Waals surface area contributed by atoms with Crippen molar-refractivity contribution in [2.24, 2.45) is 5.92 Å². The van der Waals surface area contributed by atoms with Gasteiger partial charge in [0.1, 0.15) is 18.2 Å². The summed E-state index contributed by atoms with van der Waals surface area (Å²) in [4.78, 5) is 16.8. The zero-order valence-corrected chi connectivity index (χ0v) is 12.1. The molecule has 0 saturated heterocycles. The average molecular weight is 298 g/mol. The van der Waals surface area contributed by atoms with Crippen molar-refractivity contribution in [3.8, 4) is 0 Å². The van der Waals surface area contributed by atoms with E-state index < -0.39 is 6.04 Å². The lowest BCUT2D eigenvalue weighted by molar-refractivity contribution is -0.117. The third-order valence-corrected chi connectivity index (χ3v) is 4.27. The van der Waals surface area contributed by atoms with E-state index in [1.807, 2.05) is 6.92 Å². The second kappa shape index (κ2) is 4.76. The summed E-state index contributed by atoms with van der Waals surface area (Å²) in [6, 6.07) is 5.97. The summed E-state index contributed by atoms with van der Waals surface area (Å²) in [5, 5.41) is 7.37. The highest BCUT2D eigenvalue weighted by molar-refractivity contribution is 5.99. The van der Waals surface area contributed by atoms with Crippen molar-refractivity contribution in [2.45, 2.75) is 25.8 Å². The number of hydrogen-bond acceptors (Lipinski definition) is 4. The number of carbonyl (C=O) groups excluding carboxylic acids is 1. The van der Waals surface area contributed by atoms with Gasteiger partial charge in [0, 0.05) is 23.3 Å². The Morgan fingerprint density at radius 2 is 2.14 bits per heavy atom. The van der Waals surface area contributed by atoms with Crippen LogP contribution in [0, 0.1) is 11.7 Å². The number of Topliss-reactive ketones (excluding diaryl/α,β-unsaturated/α-hetero) is 1. The lowest BCUT2D eigenvalue weighted by Crippen LogP contribution is -2.33. The second-order valence-corrected chi connectivity index (χ2v) is 5.91. The van der Waals surface area contributed by atoms with Crippen LogP contribution in [-0.4, -0.2) is 20.5 Å². The molecule has 2 aromatic rings. The zero-order valence-electron chi connectivity index (χ0n) is 12.1. The van der Waals surface area contributed by atoms with E-state index in [-0.39, 0.29) is 17.5 Å². The normalized spacial score (nSPS) is 23.8. The molecule has 22 heavy (non-hydrogen) atoms. The SMILES string of the molecule is C[C@@H]1CC(=O)C2=C(C1)Nc1ncnn1[C@H]2c1ccccc1F. The summed E-state index contributed by atoms with van der Waals surface area (Å²) in [6.45, 7) is 2.04. The molecule has 0 fully saturated rings. The Labute approximate surface area is 126 Å². The molecule has 1 aliphatic carbocycles. The van der Waals surface area contributed by atoms with Gasteiger partial charge in [-0.25, -0.2) is 9.07 Å². The largest absolute Gasteiger partial charge is 0.328 e. The number of anilines is 1. The number of allylic oxidation sites excluding steroid dienone is 2. The fourth-order valence-electron chi connectivity index (χ4n) is 3.33. The molecule has 0 radical (unpaired) electrons. The van der Waals surface area contributed by atoms with Gasteiger partial charge in [-0.1, -0.05) is 25.1 Å². The quantitative estimate of drug-likeness (QED) is 0.879. The number of nitrogens with zero attached hydrogens (tertiary/aromatic N) is 3. The van der Waals surface area contributed by atoms with Crippen molar-refractivity contribution < 1.29 is 9.18 Å². The third-order valence-electron chi connectivity index (χ3n) is 4.27. The number of rotatable bonds is 1. The highest BCUT2D eigenvalue weighted by atomic mass is 19.1.